The first kappa shape index (κ1) is 20.3. The lowest BCUT2D eigenvalue weighted by Crippen LogP contribution is -2.16. The van der Waals surface area contributed by atoms with Crippen LogP contribution in [-0.4, -0.2) is 38.3 Å². The Bertz CT molecular complexity index is 805. The van der Waals surface area contributed by atoms with E-state index in [1.807, 2.05) is 0 Å². The predicted octanol–water partition coefficient (Wildman–Crippen LogP) is 2.94. The van der Waals surface area contributed by atoms with Crippen molar-refractivity contribution in [2.45, 2.75) is 18.9 Å². The van der Waals surface area contributed by atoms with Crippen LogP contribution in [0.2, 0.25) is 0 Å². The first-order chi connectivity index (χ1) is 13.0. The number of carbonyl (C=O) groups is 2. The van der Waals surface area contributed by atoms with E-state index in [4.69, 9.17) is 14.2 Å². The van der Waals surface area contributed by atoms with E-state index in [2.05, 4.69) is 5.32 Å². The van der Waals surface area contributed by atoms with Crippen LogP contribution in [0.15, 0.2) is 42.5 Å². The minimum absolute atomic E-state index is 0.0614. The minimum Gasteiger partial charge on any atom is -0.497 e. The van der Waals surface area contributed by atoms with Crippen LogP contribution in [0.1, 0.15) is 34.9 Å². The van der Waals surface area contributed by atoms with Crippen LogP contribution < -0.4 is 14.8 Å². The molecular weight excluding hydrogens is 350 g/mol. The number of nitrogens with one attached hydrogen (secondary N) is 1. The summed E-state index contributed by atoms with van der Waals surface area (Å²) in [5.74, 6) is 0.241. The molecule has 1 unspecified atom stereocenters. The number of hydrogen-bond donors (Lipinski definition) is 2. The van der Waals surface area contributed by atoms with E-state index < -0.39 is 12.1 Å². The zero-order valence-corrected chi connectivity index (χ0v) is 15.5. The third kappa shape index (κ3) is 5.21. The number of carbonyl (C=O) groups excluding carboxylic acids is 2. The van der Waals surface area contributed by atoms with E-state index in [9.17, 15) is 14.7 Å². The molecule has 144 valence electrons. The number of aliphatic hydroxyl groups is 1. The molecule has 2 aromatic carbocycles. The lowest BCUT2D eigenvalue weighted by Gasteiger charge is -2.16. The average Bonchev–Trinajstić information content (AvgIpc) is 2.71. The van der Waals surface area contributed by atoms with Crippen LogP contribution in [0.3, 0.4) is 0 Å². The molecule has 27 heavy (non-hydrogen) atoms. The smallest absolute Gasteiger partial charge is 0.339 e. The SMILES string of the molecule is COC(=O)c1ccccc1NC(=O)CCC(O)c1ccc(OC)cc1OC. The molecule has 2 N–H and O–H groups in total. The molecule has 0 bridgehead atoms. The largest absolute Gasteiger partial charge is 0.497 e. The summed E-state index contributed by atoms with van der Waals surface area (Å²) in [4.78, 5) is 24.0. The second-order valence-corrected chi connectivity index (χ2v) is 5.75. The third-order valence-corrected chi connectivity index (χ3v) is 4.05. The van der Waals surface area contributed by atoms with Gasteiger partial charge in [-0.25, -0.2) is 4.79 Å². The molecule has 0 saturated carbocycles. The Morgan fingerprint density at radius 1 is 1.07 bits per heavy atom. The molecular formula is C20H23NO6. The van der Waals surface area contributed by atoms with E-state index in [0.717, 1.165) is 0 Å². The van der Waals surface area contributed by atoms with Gasteiger partial charge in [-0.05, 0) is 30.7 Å². The van der Waals surface area contributed by atoms with E-state index in [1.165, 1.54) is 14.2 Å². The number of para-hydroxylation sites is 1. The summed E-state index contributed by atoms with van der Waals surface area (Å²) in [6.07, 6.45) is -0.631. The zero-order valence-electron chi connectivity index (χ0n) is 15.5. The number of benzene rings is 2. The molecule has 0 aliphatic heterocycles. The summed E-state index contributed by atoms with van der Waals surface area (Å²) in [7, 11) is 4.32. The first-order valence-electron chi connectivity index (χ1n) is 8.37. The van der Waals surface area contributed by atoms with Crippen molar-refractivity contribution in [2.75, 3.05) is 26.6 Å². The maximum absolute atomic E-state index is 12.2. The summed E-state index contributed by atoms with van der Waals surface area (Å²) in [6, 6.07) is 11.7. The second kappa shape index (κ2) is 9.59. The topological polar surface area (TPSA) is 94.1 Å². The summed E-state index contributed by atoms with van der Waals surface area (Å²) in [6.45, 7) is 0. The number of hydrogen-bond acceptors (Lipinski definition) is 6. The highest BCUT2D eigenvalue weighted by Gasteiger charge is 2.17. The van der Waals surface area contributed by atoms with Crippen LogP contribution in [0.4, 0.5) is 5.69 Å². The Hall–Kier alpha value is -3.06. The molecule has 2 rings (SSSR count). The van der Waals surface area contributed by atoms with Crippen LogP contribution >= 0.6 is 0 Å². The molecule has 2 aromatic rings. The highest BCUT2D eigenvalue weighted by Crippen LogP contribution is 2.31. The van der Waals surface area contributed by atoms with Crippen LogP contribution in [-0.2, 0) is 9.53 Å². The Morgan fingerprint density at radius 3 is 2.48 bits per heavy atom. The number of aliphatic hydroxyl groups excluding tert-OH is 1. The Morgan fingerprint density at radius 2 is 1.81 bits per heavy atom. The molecule has 0 spiro atoms. The fraction of sp³-hybridized carbons (Fsp3) is 0.300. The maximum Gasteiger partial charge on any atom is 0.339 e. The molecule has 0 aliphatic carbocycles. The van der Waals surface area contributed by atoms with Crippen molar-refractivity contribution in [3.05, 3.63) is 53.6 Å². The number of rotatable bonds is 8. The summed E-state index contributed by atoms with van der Waals surface area (Å²) in [5.41, 5.74) is 1.21. The maximum atomic E-state index is 12.2. The van der Waals surface area contributed by atoms with Crippen LogP contribution in [0, 0.1) is 0 Å². The van der Waals surface area contributed by atoms with E-state index in [0.29, 0.717) is 22.7 Å². The standard InChI is InChI=1S/C20H23NO6/c1-25-13-8-9-15(18(12-13)26-2)17(22)10-11-19(23)21-16-7-5-4-6-14(16)20(24)27-3/h4-9,12,17,22H,10-11H2,1-3H3,(H,21,23). The van der Waals surface area contributed by atoms with Gasteiger partial charge in [-0.2, -0.15) is 0 Å². The van der Waals surface area contributed by atoms with Crippen molar-refractivity contribution in [1.29, 1.82) is 0 Å². The van der Waals surface area contributed by atoms with Crippen molar-refractivity contribution >= 4 is 17.6 Å². The summed E-state index contributed by atoms with van der Waals surface area (Å²) in [5, 5.41) is 13.1. The molecule has 0 aromatic heterocycles. The van der Waals surface area contributed by atoms with Gasteiger partial charge >= 0.3 is 5.97 Å². The van der Waals surface area contributed by atoms with Gasteiger partial charge in [-0.1, -0.05) is 12.1 Å². The van der Waals surface area contributed by atoms with Gasteiger partial charge in [0.1, 0.15) is 11.5 Å². The van der Waals surface area contributed by atoms with Gasteiger partial charge in [-0.3, -0.25) is 4.79 Å². The van der Waals surface area contributed by atoms with Gasteiger partial charge in [0.25, 0.3) is 0 Å². The fourth-order valence-electron chi connectivity index (χ4n) is 2.61. The van der Waals surface area contributed by atoms with Crippen molar-refractivity contribution in [3.8, 4) is 11.5 Å². The quantitative estimate of drug-likeness (QED) is 0.691. The Balaban J connectivity index is 2.01. The van der Waals surface area contributed by atoms with Crippen molar-refractivity contribution in [3.63, 3.8) is 0 Å². The molecule has 0 fully saturated rings. The first-order valence-corrected chi connectivity index (χ1v) is 8.37. The number of ether oxygens (including phenoxy) is 3. The lowest BCUT2D eigenvalue weighted by atomic mass is 10.0. The molecule has 7 nitrogen and oxygen atoms in total. The lowest BCUT2D eigenvalue weighted by molar-refractivity contribution is -0.116. The summed E-state index contributed by atoms with van der Waals surface area (Å²) < 4.78 is 15.1. The number of methoxy groups -OCH3 is 3. The molecule has 0 saturated heterocycles. The third-order valence-electron chi connectivity index (χ3n) is 4.05. The second-order valence-electron chi connectivity index (χ2n) is 5.75. The molecule has 0 heterocycles. The summed E-state index contributed by atoms with van der Waals surface area (Å²) >= 11 is 0. The molecule has 1 amide bonds. The zero-order chi connectivity index (χ0) is 19.8. The van der Waals surface area contributed by atoms with Crippen molar-refractivity contribution in [1.82, 2.24) is 0 Å². The van der Waals surface area contributed by atoms with Gasteiger partial charge < -0.3 is 24.6 Å². The molecule has 0 radical (unpaired) electrons. The minimum atomic E-state index is -0.882. The highest BCUT2D eigenvalue weighted by molar-refractivity contribution is 6.01. The molecule has 7 heteroatoms. The average molecular weight is 373 g/mol. The fourth-order valence-corrected chi connectivity index (χ4v) is 2.61. The predicted molar refractivity (Wildman–Crippen MR) is 100 cm³/mol. The Labute approximate surface area is 157 Å². The normalized spacial score (nSPS) is 11.4. The number of esters is 1. The van der Waals surface area contributed by atoms with Crippen molar-refractivity contribution < 1.29 is 28.9 Å². The van der Waals surface area contributed by atoms with E-state index >= 15 is 0 Å². The van der Waals surface area contributed by atoms with E-state index in [-0.39, 0.29) is 24.3 Å². The molecule has 0 aliphatic rings. The van der Waals surface area contributed by atoms with Crippen LogP contribution in [0.5, 0.6) is 11.5 Å². The highest BCUT2D eigenvalue weighted by atomic mass is 16.5. The van der Waals surface area contributed by atoms with Gasteiger partial charge in [0.05, 0.1) is 38.7 Å². The van der Waals surface area contributed by atoms with Gasteiger partial charge in [0.15, 0.2) is 0 Å². The van der Waals surface area contributed by atoms with E-state index in [1.54, 1.807) is 49.6 Å². The van der Waals surface area contributed by atoms with Crippen LogP contribution in [0.25, 0.3) is 0 Å². The number of anilines is 1. The van der Waals surface area contributed by atoms with Gasteiger partial charge in [0, 0.05) is 18.1 Å². The number of amides is 1. The van der Waals surface area contributed by atoms with Gasteiger partial charge in [-0.15, -0.1) is 0 Å². The molecule has 1 atom stereocenters. The van der Waals surface area contributed by atoms with Crippen molar-refractivity contribution in [2.24, 2.45) is 0 Å². The monoisotopic (exact) mass is 373 g/mol. The van der Waals surface area contributed by atoms with Gasteiger partial charge in [0.2, 0.25) is 5.91 Å². The Kier molecular flexibility index (Phi) is 7.19.